The number of carbonyl (C=O) groups excluding carboxylic acids is 1. The fourth-order valence-electron chi connectivity index (χ4n) is 1.66. The van der Waals surface area contributed by atoms with Crippen LogP contribution in [-0.2, 0) is 0 Å². The Kier molecular flexibility index (Phi) is 3.60. The molecule has 1 aromatic carbocycles. The van der Waals surface area contributed by atoms with Crippen molar-refractivity contribution in [2.24, 2.45) is 0 Å². The molecule has 0 atom stereocenters. The molecule has 0 saturated carbocycles. The van der Waals surface area contributed by atoms with E-state index in [0.717, 1.165) is 6.07 Å². The number of alkyl halides is 3. The molecule has 0 aliphatic heterocycles. The van der Waals surface area contributed by atoms with Crippen molar-refractivity contribution in [2.45, 2.75) is 6.36 Å². The summed E-state index contributed by atoms with van der Waals surface area (Å²) in [6, 6.07) is 6.64. The van der Waals surface area contributed by atoms with Crippen molar-refractivity contribution in [3.8, 4) is 16.9 Å². The number of H-pyrrole nitrogens is 1. The number of hydrogen-bond donors (Lipinski definition) is 1. The van der Waals surface area contributed by atoms with Crippen molar-refractivity contribution >= 4 is 6.29 Å². The first-order valence-electron chi connectivity index (χ1n) is 5.44. The number of aldehydes is 1. The Hall–Kier alpha value is -2.57. The van der Waals surface area contributed by atoms with Crippen LogP contribution in [0.25, 0.3) is 11.1 Å². The van der Waals surface area contributed by atoms with Crippen LogP contribution in [0.5, 0.6) is 5.75 Å². The number of pyridine rings is 1. The summed E-state index contributed by atoms with van der Waals surface area (Å²) < 4.78 is 40.8. The Labute approximate surface area is 110 Å². The highest BCUT2D eigenvalue weighted by Crippen LogP contribution is 2.33. The van der Waals surface area contributed by atoms with E-state index in [4.69, 9.17) is 0 Å². The summed E-state index contributed by atoms with van der Waals surface area (Å²) >= 11 is 0. The Morgan fingerprint density at radius 1 is 1.20 bits per heavy atom. The maximum Gasteiger partial charge on any atom is 0.573 e. The molecule has 0 spiro atoms. The van der Waals surface area contributed by atoms with Crippen LogP contribution >= 0.6 is 0 Å². The zero-order chi connectivity index (χ0) is 14.8. The number of aromatic amines is 1. The van der Waals surface area contributed by atoms with E-state index in [1.807, 2.05) is 0 Å². The molecule has 0 fully saturated rings. The molecule has 2 rings (SSSR count). The van der Waals surface area contributed by atoms with Crippen LogP contribution in [-0.4, -0.2) is 17.6 Å². The summed E-state index contributed by atoms with van der Waals surface area (Å²) in [5.41, 5.74) is -0.432. The van der Waals surface area contributed by atoms with E-state index in [-0.39, 0.29) is 16.7 Å². The highest BCUT2D eigenvalue weighted by atomic mass is 19.4. The fourth-order valence-corrected chi connectivity index (χ4v) is 1.66. The molecule has 2 aromatic rings. The Morgan fingerprint density at radius 2 is 1.90 bits per heavy atom. The van der Waals surface area contributed by atoms with Crippen molar-refractivity contribution in [1.29, 1.82) is 0 Å². The first kappa shape index (κ1) is 13.9. The van der Waals surface area contributed by atoms with E-state index in [1.54, 1.807) is 0 Å². The van der Waals surface area contributed by atoms with Gasteiger partial charge in [0.1, 0.15) is 5.75 Å². The monoisotopic (exact) mass is 283 g/mol. The number of halogens is 3. The molecule has 1 heterocycles. The van der Waals surface area contributed by atoms with Gasteiger partial charge in [0.05, 0.1) is 5.56 Å². The van der Waals surface area contributed by atoms with Crippen LogP contribution < -0.4 is 10.3 Å². The first-order chi connectivity index (χ1) is 9.40. The molecule has 0 amide bonds. The number of rotatable bonds is 3. The Balaban J connectivity index is 2.53. The van der Waals surface area contributed by atoms with E-state index >= 15 is 0 Å². The van der Waals surface area contributed by atoms with E-state index in [9.17, 15) is 22.8 Å². The van der Waals surface area contributed by atoms with Gasteiger partial charge < -0.3 is 9.72 Å². The van der Waals surface area contributed by atoms with Gasteiger partial charge in [-0.1, -0.05) is 18.2 Å². The van der Waals surface area contributed by atoms with Crippen molar-refractivity contribution in [3.05, 3.63) is 52.4 Å². The van der Waals surface area contributed by atoms with Gasteiger partial charge in [-0.15, -0.1) is 13.2 Å². The van der Waals surface area contributed by atoms with Crippen molar-refractivity contribution in [3.63, 3.8) is 0 Å². The molecule has 4 nitrogen and oxygen atoms in total. The smallest absolute Gasteiger partial charge is 0.405 e. The van der Waals surface area contributed by atoms with Gasteiger partial charge in [-0.2, -0.15) is 0 Å². The van der Waals surface area contributed by atoms with Gasteiger partial charge in [0.2, 0.25) is 0 Å². The molecule has 20 heavy (non-hydrogen) atoms. The molecule has 0 aliphatic rings. The molecule has 104 valence electrons. The number of ether oxygens (including phenoxy) is 1. The zero-order valence-corrected chi connectivity index (χ0v) is 9.90. The molecule has 0 unspecified atom stereocenters. The quantitative estimate of drug-likeness (QED) is 0.881. The van der Waals surface area contributed by atoms with Gasteiger partial charge in [-0.3, -0.25) is 9.59 Å². The molecule has 0 saturated heterocycles. The highest BCUT2D eigenvalue weighted by molar-refractivity contribution is 5.79. The number of carbonyl (C=O) groups is 1. The third-order valence-electron chi connectivity index (χ3n) is 2.48. The van der Waals surface area contributed by atoms with E-state index in [1.165, 1.54) is 30.5 Å². The lowest BCUT2D eigenvalue weighted by molar-refractivity contribution is -0.274. The average molecular weight is 283 g/mol. The van der Waals surface area contributed by atoms with Gasteiger partial charge >= 0.3 is 6.36 Å². The normalized spacial score (nSPS) is 11.2. The summed E-state index contributed by atoms with van der Waals surface area (Å²) in [5, 5.41) is 0. The molecule has 0 bridgehead atoms. The highest BCUT2D eigenvalue weighted by Gasteiger charge is 2.32. The van der Waals surface area contributed by atoms with Crippen molar-refractivity contribution in [2.75, 3.05) is 0 Å². The van der Waals surface area contributed by atoms with Crippen LogP contribution in [0.15, 0.2) is 41.3 Å². The number of nitrogens with one attached hydrogen (secondary N) is 1. The van der Waals surface area contributed by atoms with Crippen LogP contribution in [0.1, 0.15) is 10.4 Å². The lowest BCUT2D eigenvalue weighted by Gasteiger charge is -2.13. The molecule has 0 radical (unpaired) electrons. The number of benzene rings is 1. The van der Waals surface area contributed by atoms with Gasteiger partial charge in [0, 0.05) is 17.3 Å². The van der Waals surface area contributed by atoms with Gasteiger partial charge in [-0.25, -0.2) is 0 Å². The SMILES string of the molecule is O=Cc1cc(-c2ccccc2OC(F)(F)F)c[nH]c1=O. The predicted molar refractivity (Wildman–Crippen MR) is 64.6 cm³/mol. The fraction of sp³-hybridized carbons (Fsp3) is 0.0769. The minimum atomic E-state index is -4.83. The molecule has 7 heteroatoms. The summed E-state index contributed by atoms with van der Waals surface area (Å²) in [4.78, 5) is 24.2. The minimum Gasteiger partial charge on any atom is -0.405 e. The Morgan fingerprint density at radius 3 is 2.55 bits per heavy atom. The maximum atomic E-state index is 12.3. The summed E-state index contributed by atoms with van der Waals surface area (Å²) in [6.07, 6.45) is -3.28. The van der Waals surface area contributed by atoms with Crippen LogP contribution in [0.2, 0.25) is 0 Å². The molecule has 1 aromatic heterocycles. The van der Waals surface area contributed by atoms with Crippen molar-refractivity contribution in [1.82, 2.24) is 4.98 Å². The second kappa shape index (κ2) is 5.20. The number of hydrogen-bond acceptors (Lipinski definition) is 3. The van der Waals surface area contributed by atoms with Crippen molar-refractivity contribution < 1.29 is 22.7 Å². The predicted octanol–water partition coefficient (Wildman–Crippen LogP) is 2.75. The number of para-hydroxylation sites is 1. The van der Waals surface area contributed by atoms with E-state index in [2.05, 4.69) is 9.72 Å². The number of aromatic nitrogens is 1. The second-order valence-corrected chi connectivity index (χ2v) is 3.83. The Bertz CT molecular complexity index is 692. The van der Waals surface area contributed by atoms with E-state index in [0.29, 0.717) is 6.29 Å². The first-order valence-corrected chi connectivity index (χ1v) is 5.44. The summed E-state index contributed by atoms with van der Waals surface area (Å²) in [7, 11) is 0. The second-order valence-electron chi connectivity index (χ2n) is 3.83. The third kappa shape index (κ3) is 3.05. The molecule has 0 aliphatic carbocycles. The zero-order valence-electron chi connectivity index (χ0n) is 9.90. The molecular weight excluding hydrogens is 275 g/mol. The topological polar surface area (TPSA) is 59.2 Å². The molecule has 1 N–H and O–H groups in total. The van der Waals surface area contributed by atoms with E-state index < -0.39 is 17.7 Å². The third-order valence-corrected chi connectivity index (χ3v) is 2.48. The van der Waals surface area contributed by atoms with Gasteiger partial charge in [0.15, 0.2) is 6.29 Å². The maximum absolute atomic E-state index is 12.3. The standard InChI is InChI=1S/C13H8F3NO3/c14-13(15,16)20-11-4-2-1-3-10(11)8-5-9(7-18)12(19)17-6-8/h1-7H,(H,17,19). The van der Waals surface area contributed by atoms with Gasteiger partial charge in [-0.05, 0) is 12.1 Å². The van der Waals surface area contributed by atoms with Crippen LogP contribution in [0.4, 0.5) is 13.2 Å². The minimum absolute atomic E-state index is 0.115. The molecular formula is C13H8F3NO3. The summed E-state index contributed by atoms with van der Waals surface area (Å²) in [6.45, 7) is 0. The average Bonchev–Trinajstić information content (AvgIpc) is 2.38. The largest absolute Gasteiger partial charge is 0.573 e. The lowest BCUT2D eigenvalue weighted by Crippen LogP contribution is -2.17. The summed E-state index contributed by atoms with van der Waals surface area (Å²) in [5.74, 6) is -0.413. The van der Waals surface area contributed by atoms with Gasteiger partial charge in [0.25, 0.3) is 5.56 Å². The van der Waals surface area contributed by atoms with Crippen LogP contribution in [0.3, 0.4) is 0 Å². The lowest BCUT2D eigenvalue weighted by atomic mass is 10.1. The van der Waals surface area contributed by atoms with Crippen LogP contribution in [0, 0.1) is 0 Å².